The second-order valence-electron chi connectivity index (χ2n) is 5.10. The van der Waals surface area contributed by atoms with E-state index >= 15 is 0 Å². The molecule has 2 nitrogen and oxygen atoms in total. The van der Waals surface area contributed by atoms with Crippen molar-refractivity contribution in [1.29, 1.82) is 0 Å². The zero-order valence-electron chi connectivity index (χ0n) is 9.65. The largest absolute Gasteiger partial charge is 0.497 e. The first-order chi connectivity index (χ1) is 7.75. The summed E-state index contributed by atoms with van der Waals surface area (Å²) in [6, 6.07) is 7.95. The van der Waals surface area contributed by atoms with Crippen LogP contribution < -0.4 is 4.74 Å². The van der Waals surface area contributed by atoms with E-state index in [4.69, 9.17) is 4.74 Å². The molecule has 2 saturated carbocycles. The zero-order valence-corrected chi connectivity index (χ0v) is 9.65. The zero-order chi connectivity index (χ0) is 11.2. The minimum atomic E-state index is -0.549. The van der Waals surface area contributed by atoms with Crippen LogP contribution in [0.25, 0.3) is 0 Å². The summed E-state index contributed by atoms with van der Waals surface area (Å²) in [6.45, 7) is 0. The molecule has 1 aromatic carbocycles. The molecule has 1 aromatic rings. The van der Waals surface area contributed by atoms with Crippen LogP contribution in [0.1, 0.15) is 31.2 Å². The van der Waals surface area contributed by atoms with Gasteiger partial charge in [-0.15, -0.1) is 0 Å². The first kappa shape index (κ1) is 10.2. The molecule has 0 radical (unpaired) electrons. The van der Waals surface area contributed by atoms with E-state index in [0.717, 1.165) is 11.3 Å². The number of methoxy groups -OCH3 is 1. The van der Waals surface area contributed by atoms with Crippen LogP contribution in [0.3, 0.4) is 0 Å². The fourth-order valence-electron chi connectivity index (χ4n) is 2.71. The van der Waals surface area contributed by atoms with Crippen molar-refractivity contribution in [3.8, 4) is 5.75 Å². The second-order valence-corrected chi connectivity index (χ2v) is 5.10. The van der Waals surface area contributed by atoms with Crippen LogP contribution in [0.15, 0.2) is 24.3 Å². The van der Waals surface area contributed by atoms with Gasteiger partial charge in [0.05, 0.1) is 12.7 Å². The van der Waals surface area contributed by atoms with Crippen LogP contribution in [0.2, 0.25) is 0 Å². The molecule has 0 unspecified atom stereocenters. The van der Waals surface area contributed by atoms with Gasteiger partial charge in [-0.25, -0.2) is 0 Å². The van der Waals surface area contributed by atoms with Crippen LogP contribution in [0.4, 0.5) is 0 Å². The predicted octanol–water partition coefficient (Wildman–Crippen LogP) is 2.70. The third-order valence-corrected chi connectivity index (χ3v) is 3.95. The number of ether oxygens (including phenoxy) is 1. The third kappa shape index (κ3) is 1.52. The highest BCUT2D eigenvalue weighted by Gasteiger charge is 2.54. The van der Waals surface area contributed by atoms with Gasteiger partial charge in [0.2, 0.25) is 0 Å². The lowest BCUT2D eigenvalue weighted by molar-refractivity contribution is -0.0102. The average molecular weight is 218 g/mol. The van der Waals surface area contributed by atoms with E-state index in [9.17, 15) is 5.11 Å². The van der Waals surface area contributed by atoms with Gasteiger partial charge in [0.25, 0.3) is 0 Å². The van der Waals surface area contributed by atoms with Crippen LogP contribution >= 0.6 is 0 Å². The summed E-state index contributed by atoms with van der Waals surface area (Å²) in [6.07, 6.45) is 4.72. The van der Waals surface area contributed by atoms with Gasteiger partial charge in [-0.2, -0.15) is 0 Å². The first-order valence-electron chi connectivity index (χ1n) is 6.12. The van der Waals surface area contributed by atoms with Crippen molar-refractivity contribution in [2.75, 3.05) is 7.11 Å². The Morgan fingerprint density at radius 3 is 1.94 bits per heavy atom. The molecular formula is C14H18O2. The Hall–Kier alpha value is -1.02. The van der Waals surface area contributed by atoms with Crippen molar-refractivity contribution < 1.29 is 9.84 Å². The highest BCUT2D eigenvalue weighted by atomic mass is 16.5. The molecule has 2 aliphatic rings. The van der Waals surface area contributed by atoms with Crippen LogP contribution in [-0.4, -0.2) is 12.2 Å². The van der Waals surface area contributed by atoms with Crippen molar-refractivity contribution in [3.63, 3.8) is 0 Å². The highest BCUT2D eigenvalue weighted by Crippen LogP contribution is 2.57. The van der Waals surface area contributed by atoms with Crippen molar-refractivity contribution in [3.05, 3.63) is 29.8 Å². The van der Waals surface area contributed by atoms with E-state index in [1.807, 2.05) is 24.3 Å². The van der Waals surface area contributed by atoms with Gasteiger partial charge >= 0.3 is 0 Å². The Morgan fingerprint density at radius 2 is 1.56 bits per heavy atom. The van der Waals surface area contributed by atoms with E-state index in [-0.39, 0.29) is 0 Å². The lowest BCUT2D eigenvalue weighted by atomic mass is 9.84. The van der Waals surface area contributed by atoms with E-state index in [1.54, 1.807) is 7.11 Å². The Labute approximate surface area is 96.2 Å². The number of aliphatic hydroxyl groups is 1. The highest BCUT2D eigenvalue weighted by molar-refractivity contribution is 5.33. The Morgan fingerprint density at radius 1 is 1.06 bits per heavy atom. The van der Waals surface area contributed by atoms with Crippen LogP contribution in [-0.2, 0) is 5.60 Å². The number of hydrogen-bond acceptors (Lipinski definition) is 2. The molecule has 86 valence electrons. The maximum Gasteiger partial charge on any atom is 0.118 e. The van der Waals surface area contributed by atoms with Gasteiger partial charge in [0, 0.05) is 0 Å². The van der Waals surface area contributed by atoms with Gasteiger partial charge in [-0.05, 0) is 55.2 Å². The molecule has 3 rings (SSSR count). The Balaban J connectivity index is 1.92. The van der Waals surface area contributed by atoms with E-state index in [2.05, 4.69) is 0 Å². The summed E-state index contributed by atoms with van der Waals surface area (Å²) in [7, 11) is 1.67. The average Bonchev–Trinajstić information content (AvgIpc) is 3.20. The van der Waals surface area contributed by atoms with Crippen molar-refractivity contribution >= 4 is 0 Å². The molecule has 16 heavy (non-hydrogen) atoms. The molecule has 0 aliphatic heterocycles. The van der Waals surface area contributed by atoms with Crippen LogP contribution in [0.5, 0.6) is 5.75 Å². The number of benzene rings is 1. The molecule has 0 atom stereocenters. The van der Waals surface area contributed by atoms with Gasteiger partial charge in [-0.3, -0.25) is 0 Å². The SMILES string of the molecule is COc1ccc(C(O)(C2CC2)C2CC2)cc1. The van der Waals surface area contributed by atoms with Gasteiger partial charge in [0.1, 0.15) is 5.75 Å². The molecule has 2 aliphatic carbocycles. The number of rotatable bonds is 4. The Kier molecular flexibility index (Phi) is 2.21. The van der Waals surface area contributed by atoms with Crippen molar-refractivity contribution in [1.82, 2.24) is 0 Å². The first-order valence-corrected chi connectivity index (χ1v) is 6.12. The Bertz CT molecular complexity index is 362. The summed E-state index contributed by atoms with van der Waals surface area (Å²) in [5.41, 5.74) is 0.532. The molecule has 2 fully saturated rings. The molecule has 0 heterocycles. The van der Waals surface area contributed by atoms with Gasteiger partial charge < -0.3 is 9.84 Å². The molecule has 0 bridgehead atoms. The second kappa shape index (κ2) is 3.49. The fourth-order valence-corrected chi connectivity index (χ4v) is 2.71. The normalized spacial score (nSPS) is 20.9. The standard InChI is InChI=1S/C14H18O2/c1-16-13-8-6-12(7-9-13)14(15,10-2-3-10)11-4-5-11/h6-11,15H,2-5H2,1H3. The fraction of sp³-hybridized carbons (Fsp3) is 0.571. The van der Waals surface area contributed by atoms with Gasteiger partial charge in [-0.1, -0.05) is 12.1 Å². The molecule has 0 spiro atoms. The lowest BCUT2D eigenvalue weighted by Gasteiger charge is -2.29. The third-order valence-electron chi connectivity index (χ3n) is 3.95. The maximum atomic E-state index is 10.9. The molecule has 2 heteroatoms. The quantitative estimate of drug-likeness (QED) is 0.842. The van der Waals surface area contributed by atoms with Crippen molar-refractivity contribution in [2.24, 2.45) is 11.8 Å². The van der Waals surface area contributed by atoms with E-state index in [0.29, 0.717) is 11.8 Å². The summed E-state index contributed by atoms with van der Waals surface area (Å²) >= 11 is 0. The predicted molar refractivity (Wildman–Crippen MR) is 62.3 cm³/mol. The molecule has 0 amide bonds. The summed E-state index contributed by atoms with van der Waals surface area (Å²) in [4.78, 5) is 0. The monoisotopic (exact) mass is 218 g/mol. The lowest BCUT2D eigenvalue weighted by Crippen LogP contribution is -2.30. The number of hydrogen-bond donors (Lipinski definition) is 1. The summed E-state index contributed by atoms with van der Waals surface area (Å²) in [5.74, 6) is 1.85. The minimum Gasteiger partial charge on any atom is -0.497 e. The summed E-state index contributed by atoms with van der Waals surface area (Å²) < 4.78 is 5.15. The molecular weight excluding hydrogens is 200 g/mol. The van der Waals surface area contributed by atoms with Crippen molar-refractivity contribution in [2.45, 2.75) is 31.3 Å². The van der Waals surface area contributed by atoms with E-state index < -0.39 is 5.60 Å². The smallest absolute Gasteiger partial charge is 0.118 e. The molecule has 1 N–H and O–H groups in total. The molecule has 0 saturated heterocycles. The molecule has 0 aromatic heterocycles. The van der Waals surface area contributed by atoms with E-state index in [1.165, 1.54) is 25.7 Å². The summed E-state index contributed by atoms with van der Waals surface area (Å²) in [5, 5.41) is 10.9. The van der Waals surface area contributed by atoms with Gasteiger partial charge in [0.15, 0.2) is 0 Å². The maximum absolute atomic E-state index is 10.9. The topological polar surface area (TPSA) is 29.5 Å². The van der Waals surface area contributed by atoms with Crippen LogP contribution in [0, 0.1) is 11.8 Å². The minimum absolute atomic E-state index is 0.494.